The predicted molar refractivity (Wildman–Crippen MR) is 72.1 cm³/mol. The van der Waals surface area contributed by atoms with Gasteiger partial charge in [-0.3, -0.25) is 0 Å². The van der Waals surface area contributed by atoms with Crippen LogP contribution in [0.4, 0.5) is 0 Å². The SMILES string of the molecule is C.C=CC(=O)OC.C=CCC.CC.CC. The molecule has 15 heavy (non-hydrogen) atoms. The number of methoxy groups -OCH3 is 1. The number of allylic oxidation sites excluding steroid dienone is 1. The summed E-state index contributed by atoms with van der Waals surface area (Å²) in [6.07, 6.45) is 4.07. The Morgan fingerprint density at radius 3 is 1.47 bits per heavy atom. The van der Waals surface area contributed by atoms with E-state index >= 15 is 0 Å². The smallest absolute Gasteiger partial charge is 0.329 e. The van der Waals surface area contributed by atoms with Crippen molar-refractivity contribution in [1.29, 1.82) is 0 Å². The third-order valence-corrected chi connectivity index (χ3v) is 0.657. The van der Waals surface area contributed by atoms with Crippen LogP contribution in [0, 0.1) is 0 Å². The lowest BCUT2D eigenvalue weighted by atomic mass is 10.5. The van der Waals surface area contributed by atoms with E-state index in [1.165, 1.54) is 7.11 Å². The molecule has 2 nitrogen and oxygen atoms in total. The molecule has 0 saturated heterocycles. The van der Waals surface area contributed by atoms with Gasteiger partial charge in [-0.25, -0.2) is 4.79 Å². The van der Waals surface area contributed by atoms with Crippen LogP contribution in [0.15, 0.2) is 25.3 Å². The minimum absolute atomic E-state index is 0. The van der Waals surface area contributed by atoms with Gasteiger partial charge < -0.3 is 4.74 Å². The second-order valence-electron chi connectivity index (χ2n) is 1.42. The van der Waals surface area contributed by atoms with Gasteiger partial charge in [0.15, 0.2) is 0 Å². The Bertz CT molecular complexity index is 107. The molecule has 0 radical (unpaired) electrons. The quantitative estimate of drug-likeness (QED) is 0.384. The van der Waals surface area contributed by atoms with E-state index in [9.17, 15) is 4.79 Å². The standard InChI is InChI=1S/C4H6O2.C4H8.2C2H6.CH4/c1-3-4(5)6-2;1-3-4-2;2*1-2;/h3H,1H2,2H3;3H,1,4H2,2H3;2*1-2H3;1H4. The van der Waals surface area contributed by atoms with Gasteiger partial charge in [0.1, 0.15) is 0 Å². The molecule has 0 aliphatic rings. The van der Waals surface area contributed by atoms with Crippen LogP contribution in [-0.4, -0.2) is 13.1 Å². The Balaban J connectivity index is -0.0000000327. The average Bonchev–Trinajstić information content (AvgIpc) is 2.33. The van der Waals surface area contributed by atoms with Crippen molar-refractivity contribution in [2.75, 3.05) is 7.11 Å². The van der Waals surface area contributed by atoms with Crippen molar-refractivity contribution >= 4 is 5.97 Å². The highest BCUT2D eigenvalue weighted by molar-refractivity contribution is 5.80. The molecule has 0 N–H and O–H groups in total. The summed E-state index contributed by atoms with van der Waals surface area (Å²) in [4.78, 5) is 9.84. The van der Waals surface area contributed by atoms with Crippen molar-refractivity contribution in [3.8, 4) is 0 Å². The third kappa shape index (κ3) is 99.5. The monoisotopic (exact) mass is 218 g/mol. The zero-order valence-electron chi connectivity index (χ0n) is 10.6. The number of hydrogen-bond acceptors (Lipinski definition) is 2. The number of rotatable bonds is 2. The molecule has 94 valence electrons. The fourth-order valence-corrected chi connectivity index (χ4v) is 0.0833. The molecule has 0 aromatic carbocycles. The maximum Gasteiger partial charge on any atom is 0.329 e. The minimum Gasteiger partial charge on any atom is -0.466 e. The van der Waals surface area contributed by atoms with E-state index in [0.717, 1.165) is 12.5 Å². The Morgan fingerprint density at radius 2 is 1.47 bits per heavy atom. The van der Waals surface area contributed by atoms with Crippen molar-refractivity contribution < 1.29 is 9.53 Å². The molecule has 0 aromatic rings. The van der Waals surface area contributed by atoms with Crippen LogP contribution in [0.5, 0.6) is 0 Å². The van der Waals surface area contributed by atoms with Crippen LogP contribution in [0.2, 0.25) is 0 Å². The van der Waals surface area contributed by atoms with Gasteiger partial charge in [-0.1, -0.05) is 54.7 Å². The topological polar surface area (TPSA) is 26.3 Å². The summed E-state index contributed by atoms with van der Waals surface area (Å²) < 4.78 is 4.14. The Kier molecular flexibility index (Phi) is 102. The number of hydrogen-bond donors (Lipinski definition) is 0. The number of carbonyl (C=O) groups is 1. The number of ether oxygens (including phenoxy) is 1. The molecule has 0 bridgehead atoms. The first-order valence-corrected chi connectivity index (χ1v) is 5.04. The molecule has 0 rings (SSSR count). The van der Waals surface area contributed by atoms with E-state index in [1.807, 2.05) is 33.8 Å². The van der Waals surface area contributed by atoms with E-state index in [0.29, 0.717) is 0 Å². The first kappa shape index (κ1) is 29.2. The normalized spacial score (nSPS) is 5.20. The highest BCUT2D eigenvalue weighted by atomic mass is 16.5. The van der Waals surface area contributed by atoms with Crippen LogP contribution >= 0.6 is 0 Å². The molecule has 0 unspecified atom stereocenters. The molecule has 0 amide bonds. The van der Waals surface area contributed by atoms with Crippen LogP contribution in [0.3, 0.4) is 0 Å². The van der Waals surface area contributed by atoms with Gasteiger partial charge >= 0.3 is 5.97 Å². The molecule has 0 atom stereocenters. The molecule has 0 aromatic heterocycles. The first-order valence-electron chi connectivity index (χ1n) is 5.04. The Hall–Kier alpha value is -1.05. The highest BCUT2D eigenvalue weighted by Gasteiger charge is 1.81. The second kappa shape index (κ2) is 52.2. The fraction of sp³-hybridized carbons (Fsp3) is 0.615. The van der Waals surface area contributed by atoms with E-state index in [2.05, 4.69) is 24.8 Å². The zero-order valence-corrected chi connectivity index (χ0v) is 10.6. The molecule has 0 aliphatic heterocycles. The molecular weight excluding hydrogens is 188 g/mol. The number of esters is 1. The van der Waals surface area contributed by atoms with E-state index in [4.69, 9.17) is 0 Å². The summed E-state index contributed by atoms with van der Waals surface area (Å²) >= 11 is 0. The molecule has 0 fully saturated rings. The van der Waals surface area contributed by atoms with Crippen LogP contribution in [0.1, 0.15) is 48.5 Å². The summed E-state index contributed by atoms with van der Waals surface area (Å²) in [5, 5.41) is 0. The van der Waals surface area contributed by atoms with E-state index < -0.39 is 5.97 Å². The summed E-state index contributed by atoms with van der Waals surface area (Å²) in [7, 11) is 1.31. The van der Waals surface area contributed by atoms with Crippen LogP contribution < -0.4 is 0 Å². The molecule has 0 saturated carbocycles. The molecule has 0 aliphatic carbocycles. The lowest BCUT2D eigenvalue weighted by molar-refractivity contribution is -0.134. The number of carbonyl (C=O) groups excluding carboxylic acids is 1. The minimum atomic E-state index is -0.394. The van der Waals surface area contributed by atoms with Gasteiger partial charge in [0.05, 0.1) is 7.11 Å². The lowest BCUT2D eigenvalue weighted by Gasteiger charge is -1.83. The summed E-state index contributed by atoms with van der Waals surface area (Å²) in [6.45, 7) is 16.7. The highest BCUT2D eigenvalue weighted by Crippen LogP contribution is 1.67. The van der Waals surface area contributed by atoms with Crippen molar-refractivity contribution in [2.45, 2.75) is 48.5 Å². The van der Waals surface area contributed by atoms with Gasteiger partial charge in [-0.05, 0) is 6.42 Å². The molecule has 0 spiro atoms. The van der Waals surface area contributed by atoms with Gasteiger partial charge in [0.25, 0.3) is 0 Å². The van der Waals surface area contributed by atoms with Gasteiger partial charge in [-0.15, -0.1) is 6.58 Å². The maximum atomic E-state index is 9.84. The average molecular weight is 218 g/mol. The fourth-order valence-electron chi connectivity index (χ4n) is 0.0833. The largest absolute Gasteiger partial charge is 0.466 e. The molecular formula is C13H30O2. The summed E-state index contributed by atoms with van der Waals surface area (Å²) in [6, 6.07) is 0. The third-order valence-electron chi connectivity index (χ3n) is 0.657. The van der Waals surface area contributed by atoms with Gasteiger partial charge in [-0.2, -0.15) is 0 Å². The first-order chi connectivity index (χ1) is 6.72. The summed E-state index contributed by atoms with van der Waals surface area (Å²) in [5.74, 6) is -0.394. The molecule has 2 heteroatoms. The molecule has 0 heterocycles. The Morgan fingerprint density at radius 1 is 1.20 bits per heavy atom. The lowest BCUT2D eigenvalue weighted by Crippen LogP contribution is -1.91. The van der Waals surface area contributed by atoms with Gasteiger partial charge in [0.2, 0.25) is 0 Å². The van der Waals surface area contributed by atoms with E-state index in [-0.39, 0.29) is 7.43 Å². The van der Waals surface area contributed by atoms with Crippen molar-refractivity contribution in [3.63, 3.8) is 0 Å². The van der Waals surface area contributed by atoms with Gasteiger partial charge in [0, 0.05) is 6.08 Å². The van der Waals surface area contributed by atoms with Crippen LogP contribution in [-0.2, 0) is 9.53 Å². The van der Waals surface area contributed by atoms with E-state index in [1.54, 1.807) is 0 Å². The van der Waals surface area contributed by atoms with Crippen molar-refractivity contribution in [1.82, 2.24) is 0 Å². The van der Waals surface area contributed by atoms with Crippen molar-refractivity contribution in [2.24, 2.45) is 0 Å². The van der Waals surface area contributed by atoms with Crippen molar-refractivity contribution in [3.05, 3.63) is 25.3 Å². The van der Waals surface area contributed by atoms with Crippen LogP contribution in [0.25, 0.3) is 0 Å². The second-order valence-corrected chi connectivity index (χ2v) is 1.42. The maximum absolute atomic E-state index is 9.84. The zero-order chi connectivity index (χ0) is 12.4. The summed E-state index contributed by atoms with van der Waals surface area (Å²) in [5.41, 5.74) is 0. The predicted octanol–water partition coefficient (Wildman–Crippen LogP) is 4.62. The Labute approximate surface area is 97.0 Å².